The number of hydrogen-bond acceptors (Lipinski definition) is 1. The molecule has 0 atom stereocenters. The van der Waals surface area contributed by atoms with Crippen molar-refractivity contribution in [3.8, 4) is 0 Å². The molecule has 37 heavy (non-hydrogen) atoms. The summed E-state index contributed by atoms with van der Waals surface area (Å²) in [6.07, 6.45) is 47.3. The first kappa shape index (κ1) is 39.1. The molecule has 0 fully saturated rings. The zero-order chi connectivity index (χ0) is 26.2. The monoisotopic (exact) mass is 524 g/mol. The average Bonchev–Trinajstić information content (AvgIpc) is 2.89. The van der Waals surface area contributed by atoms with Crippen LogP contribution in [0, 0.1) is 5.92 Å². The van der Waals surface area contributed by atoms with Gasteiger partial charge < -0.3 is 6.15 Å². The maximum Gasteiger partial charge on any atom is -0.0414 e. The van der Waals surface area contributed by atoms with Gasteiger partial charge in [0.25, 0.3) is 0 Å². The topological polar surface area (TPSA) is 35.0 Å². The summed E-state index contributed by atoms with van der Waals surface area (Å²) in [6, 6.07) is 0. The summed E-state index contributed by atoms with van der Waals surface area (Å²) >= 11 is 0. The minimum absolute atomic E-state index is 0. The molecule has 0 bridgehead atoms. The standard InChI is InChI=1S/C36H74.H3N/c1-4-7-10-13-16-19-22-25-28-31-34-36(33-30-27-24-21-18-15-12-9-6-3)35-32-29-26-23-20-17-14-11-8-5-2;/h36H,4-35H2,1-3H3;1H3. The molecule has 0 aliphatic carbocycles. The van der Waals surface area contributed by atoms with E-state index >= 15 is 0 Å². The van der Waals surface area contributed by atoms with Gasteiger partial charge in [-0.3, -0.25) is 0 Å². The fraction of sp³-hybridized carbons (Fsp3) is 1.00. The average molecular weight is 524 g/mol. The Hall–Kier alpha value is -0.0400. The highest BCUT2D eigenvalue weighted by Crippen LogP contribution is 2.25. The van der Waals surface area contributed by atoms with Gasteiger partial charge in [-0.1, -0.05) is 226 Å². The maximum absolute atomic E-state index is 2.32. The van der Waals surface area contributed by atoms with Crippen LogP contribution in [0.2, 0.25) is 0 Å². The molecule has 0 amide bonds. The van der Waals surface area contributed by atoms with Gasteiger partial charge in [-0.2, -0.15) is 0 Å². The van der Waals surface area contributed by atoms with Gasteiger partial charge in [-0.25, -0.2) is 0 Å². The fourth-order valence-corrected chi connectivity index (χ4v) is 6.02. The van der Waals surface area contributed by atoms with Crippen LogP contribution in [0.4, 0.5) is 0 Å². The van der Waals surface area contributed by atoms with E-state index < -0.39 is 0 Å². The molecule has 0 aliphatic heterocycles. The smallest absolute Gasteiger partial charge is 0.0414 e. The summed E-state index contributed by atoms with van der Waals surface area (Å²) in [4.78, 5) is 0. The van der Waals surface area contributed by atoms with E-state index in [-0.39, 0.29) is 6.15 Å². The molecule has 0 heterocycles. The molecular formula is C36H77N. The van der Waals surface area contributed by atoms with Gasteiger partial charge in [0, 0.05) is 0 Å². The third-order valence-electron chi connectivity index (χ3n) is 8.65. The fourth-order valence-electron chi connectivity index (χ4n) is 6.02. The summed E-state index contributed by atoms with van der Waals surface area (Å²) in [5.41, 5.74) is 0. The molecule has 1 heteroatoms. The Morgan fingerprint density at radius 1 is 0.243 bits per heavy atom. The zero-order valence-electron chi connectivity index (χ0n) is 26.9. The van der Waals surface area contributed by atoms with E-state index in [9.17, 15) is 0 Å². The van der Waals surface area contributed by atoms with Gasteiger partial charge >= 0.3 is 0 Å². The van der Waals surface area contributed by atoms with Gasteiger partial charge in [0.2, 0.25) is 0 Å². The van der Waals surface area contributed by atoms with Crippen LogP contribution in [0.1, 0.15) is 226 Å². The van der Waals surface area contributed by atoms with Crippen molar-refractivity contribution in [2.24, 2.45) is 5.92 Å². The Bertz CT molecular complexity index is 342. The van der Waals surface area contributed by atoms with Crippen molar-refractivity contribution in [1.82, 2.24) is 6.15 Å². The summed E-state index contributed by atoms with van der Waals surface area (Å²) in [5, 5.41) is 0. The van der Waals surface area contributed by atoms with Crippen LogP contribution in [0.3, 0.4) is 0 Å². The van der Waals surface area contributed by atoms with E-state index in [4.69, 9.17) is 0 Å². The predicted octanol–water partition coefficient (Wildman–Crippen LogP) is 14.3. The minimum Gasteiger partial charge on any atom is -0.344 e. The lowest BCUT2D eigenvalue weighted by Gasteiger charge is -2.17. The van der Waals surface area contributed by atoms with Gasteiger partial charge in [0.15, 0.2) is 0 Å². The van der Waals surface area contributed by atoms with E-state index in [1.165, 1.54) is 205 Å². The molecule has 3 N–H and O–H groups in total. The first-order valence-electron chi connectivity index (χ1n) is 17.8. The Labute approximate surface area is 238 Å². The van der Waals surface area contributed by atoms with Crippen LogP contribution in [0.5, 0.6) is 0 Å². The van der Waals surface area contributed by atoms with E-state index in [0.717, 1.165) is 5.92 Å². The second kappa shape index (κ2) is 36.0. The summed E-state index contributed by atoms with van der Waals surface area (Å²) in [7, 11) is 0. The van der Waals surface area contributed by atoms with Crippen molar-refractivity contribution in [1.29, 1.82) is 0 Å². The Balaban J connectivity index is 0. The van der Waals surface area contributed by atoms with Crippen LogP contribution >= 0.6 is 0 Å². The molecule has 0 aromatic rings. The summed E-state index contributed by atoms with van der Waals surface area (Å²) in [6.45, 7) is 6.96. The van der Waals surface area contributed by atoms with Crippen molar-refractivity contribution < 1.29 is 0 Å². The van der Waals surface area contributed by atoms with Crippen molar-refractivity contribution in [2.45, 2.75) is 226 Å². The van der Waals surface area contributed by atoms with E-state index in [0.29, 0.717) is 0 Å². The molecule has 0 aliphatic rings. The highest BCUT2D eigenvalue weighted by atomic mass is 14.1. The lowest BCUT2D eigenvalue weighted by atomic mass is 9.89. The molecule has 0 rings (SSSR count). The Morgan fingerprint density at radius 2 is 0.405 bits per heavy atom. The zero-order valence-corrected chi connectivity index (χ0v) is 26.9. The predicted molar refractivity (Wildman–Crippen MR) is 173 cm³/mol. The van der Waals surface area contributed by atoms with Crippen molar-refractivity contribution in [3.05, 3.63) is 0 Å². The normalized spacial score (nSPS) is 11.4. The first-order chi connectivity index (χ1) is 17.8. The third kappa shape index (κ3) is 33.9. The highest BCUT2D eigenvalue weighted by Gasteiger charge is 2.09. The number of unbranched alkanes of at least 4 members (excludes halogenated alkanes) is 26. The van der Waals surface area contributed by atoms with E-state index in [2.05, 4.69) is 20.8 Å². The van der Waals surface area contributed by atoms with Crippen LogP contribution in [-0.4, -0.2) is 0 Å². The molecule has 1 nitrogen and oxygen atoms in total. The maximum atomic E-state index is 2.32. The van der Waals surface area contributed by atoms with Crippen LogP contribution in [-0.2, 0) is 0 Å². The second-order valence-corrected chi connectivity index (χ2v) is 12.4. The van der Waals surface area contributed by atoms with Gasteiger partial charge in [0.05, 0.1) is 0 Å². The largest absolute Gasteiger partial charge is 0.344 e. The molecule has 0 aromatic heterocycles. The van der Waals surface area contributed by atoms with Crippen molar-refractivity contribution >= 4 is 0 Å². The van der Waals surface area contributed by atoms with Crippen LogP contribution < -0.4 is 6.15 Å². The van der Waals surface area contributed by atoms with Gasteiger partial charge in [-0.05, 0) is 5.92 Å². The molecule has 0 saturated heterocycles. The molecule has 0 aromatic carbocycles. The molecule has 0 unspecified atom stereocenters. The van der Waals surface area contributed by atoms with Crippen LogP contribution in [0.25, 0.3) is 0 Å². The highest BCUT2D eigenvalue weighted by molar-refractivity contribution is 4.62. The minimum atomic E-state index is 0. The van der Waals surface area contributed by atoms with Gasteiger partial charge in [0.1, 0.15) is 0 Å². The SMILES string of the molecule is CCCCCCCCCCCCC(CCCCCCCCCCC)CCCCCCCCCCCC.N. The van der Waals surface area contributed by atoms with Crippen molar-refractivity contribution in [2.75, 3.05) is 0 Å². The Morgan fingerprint density at radius 3 is 0.595 bits per heavy atom. The first-order valence-corrected chi connectivity index (χ1v) is 17.8. The van der Waals surface area contributed by atoms with E-state index in [1.54, 1.807) is 0 Å². The molecule has 0 saturated carbocycles. The summed E-state index contributed by atoms with van der Waals surface area (Å²) in [5.74, 6) is 1.04. The van der Waals surface area contributed by atoms with Gasteiger partial charge in [-0.15, -0.1) is 0 Å². The molecule has 226 valence electrons. The lowest BCUT2D eigenvalue weighted by molar-refractivity contribution is 0.365. The van der Waals surface area contributed by atoms with Crippen LogP contribution in [0.15, 0.2) is 0 Å². The third-order valence-corrected chi connectivity index (χ3v) is 8.65. The number of hydrogen-bond donors (Lipinski definition) is 1. The Kier molecular flexibility index (Phi) is 38.0. The van der Waals surface area contributed by atoms with Crippen molar-refractivity contribution in [3.63, 3.8) is 0 Å². The lowest BCUT2D eigenvalue weighted by Crippen LogP contribution is -2.01. The second-order valence-electron chi connectivity index (χ2n) is 12.4. The molecular weight excluding hydrogens is 446 g/mol. The summed E-state index contributed by atoms with van der Waals surface area (Å²) < 4.78 is 0. The quantitative estimate of drug-likeness (QED) is 0.0874. The number of rotatable bonds is 32. The molecule has 0 radical (unpaired) electrons. The molecule has 0 spiro atoms. The van der Waals surface area contributed by atoms with E-state index in [1.807, 2.05) is 0 Å².